The minimum absolute atomic E-state index is 0.0976. The number of nitrogens with one attached hydrogen (secondary N) is 1. The first-order valence-corrected chi connectivity index (χ1v) is 4.83. The predicted octanol–water partition coefficient (Wildman–Crippen LogP) is 2.93. The summed E-state index contributed by atoms with van der Waals surface area (Å²) >= 11 is 8.95. The third-order valence-electron chi connectivity index (χ3n) is 1.47. The summed E-state index contributed by atoms with van der Waals surface area (Å²) in [5.74, 6) is -0.524. The van der Waals surface area contributed by atoms with E-state index >= 15 is 0 Å². The summed E-state index contributed by atoms with van der Waals surface area (Å²) in [6, 6.07) is 3.00. The van der Waals surface area contributed by atoms with E-state index in [4.69, 9.17) is 11.6 Å². The molecule has 5 heteroatoms. The number of benzene rings is 1. The Labute approximate surface area is 94.5 Å². The first kappa shape index (κ1) is 11.1. The van der Waals surface area contributed by atoms with E-state index in [1.807, 2.05) is 0 Å². The van der Waals surface area contributed by atoms with Crippen molar-refractivity contribution in [3.05, 3.63) is 34.3 Å². The zero-order valence-electron chi connectivity index (χ0n) is 7.05. The fraction of sp³-hybridized carbons (Fsp3) is 0. The Bertz CT molecular complexity index is 369. The minimum atomic E-state index is -0.426. The van der Waals surface area contributed by atoms with E-state index in [1.165, 1.54) is 6.07 Å². The molecule has 0 radical (unpaired) electrons. The SMILES string of the molecule is C=CC(=O)Nc1c(O)cc(Br)cc1Cl. The third-order valence-corrected chi connectivity index (χ3v) is 2.22. The molecule has 0 aliphatic carbocycles. The molecule has 1 amide bonds. The topological polar surface area (TPSA) is 49.3 Å². The zero-order chi connectivity index (χ0) is 10.7. The molecule has 1 aromatic rings. The average Bonchev–Trinajstić information content (AvgIpc) is 2.10. The standard InChI is InChI=1S/C9H7BrClNO2/c1-2-8(14)12-9-6(11)3-5(10)4-7(9)13/h2-4,13H,1H2,(H,12,14). The van der Waals surface area contributed by atoms with Crippen LogP contribution in [0.5, 0.6) is 5.75 Å². The molecular weight excluding hydrogens is 269 g/mol. The fourth-order valence-corrected chi connectivity index (χ4v) is 1.70. The van der Waals surface area contributed by atoms with Gasteiger partial charge in [-0.3, -0.25) is 4.79 Å². The highest BCUT2D eigenvalue weighted by atomic mass is 79.9. The third kappa shape index (κ3) is 2.49. The zero-order valence-corrected chi connectivity index (χ0v) is 9.39. The van der Waals surface area contributed by atoms with Gasteiger partial charge in [-0.1, -0.05) is 34.1 Å². The van der Waals surface area contributed by atoms with E-state index in [-0.39, 0.29) is 16.5 Å². The number of phenolic OH excluding ortho intramolecular Hbond substituents is 1. The molecular formula is C9H7BrClNO2. The van der Waals surface area contributed by atoms with E-state index in [2.05, 4.69) is 27.8 Å². The number of aromatic hydroxyl groups is 1. The maximum Gasteiger partial charge on any atom is 0.247 e. The van der Waals surface area contributed by atoms with E-state index in [9.17, 15) is 9.90 Å². The predicted molar refractivity (Wildman–Crippen MR) is 59.6 cm³/mol. The van der Waals surface area contributed by atoms with Crippen LogP contribution in [0.4, 0.5) is 5.69 Å². The summed E-state index contributed by atoms with van der Waals surface area (Å²) in [4.78, 5) is 11.0. The molecule has 3 nitrogen and oxygen atoms in total. The van der Waals surface area contributed by atoms with Gasteiger partial charge in [0, 0.05) is 4.47 Å². The lowest BCUT2D eigenvalue weighted by Gasteiger charge is -2.07. The summed E-state index contributed by atoms with van der Waals surface area (Å²) in [6.45, 7) is 3.29. The summed E-state index contributed by atoms with van der Waals surface area (Å²) in [6.07, 6.45) is 1.10. The van der Waals surface area contributed by atoms with Crippen LogP contribution in [0.3, 0.4) is 0 Å². The van der Waals surface area contributed by atoms with Gasteiger partial charge in [-0.2, -0.15) is 0 Å². The Morgan fingerprint density at radius 1 is 1.64 bits per heavy atom. The van der Waals surface area contributed by atoms with Crippen LogP contribution in [0.25, 0.3) is 0 Å². The lowest BCUT2D eigenvalue weighted by atomic mass is 10.3. The molecule has 14 heavy (non-hydrogen) atoms. The second-order valence-corrected chi connectivity index (χ2v) is 3.80. The van der Waals surface area contributed by atoms with Gasteiger partial charge in [-0.05, 0) is 18.2 Å². The lowest BCUT2D eigenvalue weighted by molar-refractivity contribution is -0.111. The maximum absolute atomic E-state index is 11.0. The van der Waals surface area contributed by atoms with E-state index in [0.29, 0.717) is 4.47 Å². The van der Waals surface area contributed by atoms with Crippen molar-refractivity contribution in [2.24, 2.45) is 0 Å². The maximum atomic E-state index is 11.0. The van der Waals surface area contributed by atoms with E-state index < -0.39 is 5.91 Å². The van der Waals surface area contributed by atoms with Gasteiger partial charge < -0.3 is 10.4 Å². The van der Waals surface area contributed by atoms with Crippen LogP contribution in [0.2, 0.25) is 5.02 Å². The van der Waals surface area contributed by atoms with Gasteiger partial charge >= 0.3 is 0 Å². The highest BCUT2D eigenvalue weighted by Crippen LogP contribution is 2.34. The number of phenols is 1. The molecule has 0 aliphatic heterocycles. The Morgan fingerprint density at radius 3 is 2.79 bits per heavy atom. The fourth-order valence-electron chi connectivity index (χ4n) is 0.858. The van der Waals surface area contributed by atoms with E-state index in [0.717, 1.165) is 6.08 Å². The van der Waals surface area contributed by atoms with E-state index in [1.54, 1.807) is 6.07 Å². The van der Waals surface area contributed by atoms with Crippen molar-refractivity contribution in [2.75, 3.05) is 5.32 Å². The molecule has 2 N–H and O–H groups in total. The second-order valence-electron chi connectivity index (χ2n) is 2.48. The van der Waals surface area contributed by atoms with Crippen molar-refractivity contribution < 1.29 is 9.90 Å². The molecule has 0 aliphatic rings. The van der Waals surface area contributed by atoms with Gasteiger partial charge in [0.25, 0.3) is 0 Å². The summed E-state index contributed by atoms with van der Waals surface area (Å²) in [5, 5.41) is 12.1. The molecule has 74 valence electrons. The van der Waals surface area contributed by atoms with Crippen LogP contribution in [0.1, 0.15) is 0 Å². The van der Waals surface area contributed by atoms with Crippen molar-refractivity contribution in [1.82, 2.24) is 0 Å². The first-order valence-electron chi connectivity index (χ1n) is 3.66. The molecule has 0 saturated heterocycles. The number of hydrogen-bond acceptors (Lipinski definition) is 2. The van der Waals surface area contributed by atoms with Crippen molar-refractivity contribution in [3.8, 4) is 5.75 Å². The number of hydrogen-bond donors (Lipinski definition) is 2. The highest BCUT2D eigenvalue weighted by molar-refractivity contribution is 9.10. The largest absolute Gasteiger partial charge is 0.506 e. The molecule has 1 rings (SSSR count). The Balaban J connectivity index is 3.08. The summed E-state index contributed by atoms with van der Waals surface area (Å²) in [7, 11) is 0. The molecule has 0 spiro atoms. The number of halogens is 2. The molecule has 0 aromatic heterocycles. The number of carbonyl (C=O) groups is 1. The number of amides is 1. The second kappa shape index (κ2) is 4.48. The lowest BCUT2D eigenvalue weighted by Crippen LogP contribution is -2.07. The monoisotopic (exact) mass is 275 g/mol. The summed E-state index contributed by atoms with van der Waals surface area (Å²) in [5.41, 5.74) is 0.180. The molecule has 1 aromatic carbocycles. The molecule has 0 fully saturated rings. The molecule has 0 heterocycles. The van der Waals surface area contributed by atoms with Gasteiger partial charge in [-0.15, -0.1) is 0 Å². The van der Waals surface area contributed by atoms with Gasteiger partial charge in [0.15, 0.2) is 0 Å². The Hall–Kier alpha value is -1.000. The molecule has 0 unspecified atom stereocenters. The number of rotatable bonds is 2. The van der Waals surface area contributed by atoms with Crippen LogP contribution < -0.4 is 5.32 Å². The quantitative estimate of drug-likeness (QED) is 0.644. The highest BCUT2D eigenvalue weighted by Gasteiger charge is 2.09. The van der Waals surface area contributed by atoms with Crippen molar-refractivity contribution in [3.63, 3.8) is 0 Å². The van der Waals surface area contributed by atoms with Crippen LogP contribution in [0, 0.1) is 0 Å². The van der Waals surface area contributed by atoms with Crippen molar-refractivity contribution in [1.29, 1.82) is 0 Å². The van der Waals surface area contributed by atoms with Gasteiger partial charge in [0.1, 0.15) is 11.4 Å². The van der Waals surface area contributed by atoms with Gasteiger partial charge in [0.05, 0.1) is 5.02 Å². The van der Waals surface area contributed by atoms with Crippen LogP contribution in [-0.2, 0) is 4.79 Å². The Morgan fingerprint density at radius 2 is 2.29 bits per heavy atom. The Kier molecular flexibility index (Phi) is 3.55. The number of carbonyl (C=O) groups excluding carboxylic acids is 1. The van der Waals surface area contributed by atoms with Crippen LogP contribution in [-0.4, -0.2) is 11.0 Å². The van der Waals surface area contributed by atoms with Gasteiger partial charge in [-0.25, -0.2) is 0 Å². The van der Waals surface area contributed by atoms with Crippen molar-refractivity contribution in [2.45, 2.75) is 0 Å². The average molecular weight is 277 g/mol. The molecule has 0 atom stereocenters. The first-order chi connectivity index (χ1) is 6.54. The summed E-state index contributed by atoms with van der Waals surface area (Å²) < 4.78 is 0.636. The normalized spacial score (nSPS) is 9.57. The van der Waals surface area contributed by atoms with Gasteiger partial charge in [0.2, 0.25) is 5.91 Å². The molecule has 0 saturated carbocycles. The smallest absolute Gasteiger partial charge is 0.247 e. The van der Waals surface area contributed by atoms with Crippen LogP contribution >= 0.6 is 27.5 Å². The van der Waals surface area contributed by atoms with Crippen molar-refractivity contribution >= 4 is 39.1 Å². The molecule has 0 bridgehead atoms. The minimum Gasteiger partial charge on any atom is -0.506 e. The number of anilines is 1. The van der Waals surface area contributed by atoms with Crippen LogP contribution in [0.15, 0.2) is 29.3 Å².